The number of pyridine rings is 2. The zero-order valence-corrected chi connectivity index (χ0v) is 17.8. The summed E-state index contributed by atoms with van der Waals surface area (Å²) in [6.07, 6.45) is 2.49. The zero-order valence-electron chi connectivity index (χ0n) is 15.5. The van der Waals surface area contributed by atoms with Crippen molar-refractivity contribution in [1.29, 1.82) is 0 Å². The Morgan fingerprint density at radius 3 is 2.41 bits per heavy atom. The molecule has 0 bridgehead atoms. The average molecular weight is 457 g/mol. The fraction of sp³-hybridized carbons (Fsp3) is 0.200. The molecule has 1 aromatic carbocycles. The number of nitrogen functional groups attached to an aromatic ring is 1. The number of nitrogens with two attached hydrogens (primary N) is 1. The molecule has 0 aliphatic heterocycles. The highest BCUT2D eigenvalue weighted by Gasteiger charge is 2.20. The Hall–Kier alpha value is -2.28. The van der Waals surface area contributed by atoms with Crippen LogP contribution in [0.3, 0.4) is 0 Å². The van der Waals surface area contributed by atoms with E-state index in [4.69, 9.17) is 50.0 Å². The fourth-order valence-corrected chi connectivity index (χ4v) is 3.55. The third-order valence-electron chi connectivity index (χ3n) is 4.11. The predicted octanol–water partition coefficient (Wildman–Crippen LogP) is 6.36. The van der Waals surface area contributed by atoms with Crippen molar-refractivity contribution >= 4 is 40.6 Å². The molecule has 29 heavy (non-hydrogen) atoms. The lowest BCUT2D eigenvalue weighted by atomic mass is 10.1. The standard InChI is InChI=1S/C20H17Cl3FN3O2/c1-3-28-15-6-11(8-26-19(15)23)12-7-16(20(25)27-9-12)29-10(2)17-13(21)4-5-14(24)18(17)22/h4-10H,3H2,1-2H3,(H2,25,27). The van der Waals surface area contributed by atoms with E-state index in [1.54, 1.807) is 31.5 Å². The molecule has 1 unspecified atom stereocenters. The van der Waals surface area contributed by atoms with Gasteiger partial charge in [0.1, 0.15) is 11.9 Å². The number of hydrogen-bond donors (Lipinski definition) is 1. The minimum Gasteiger partial charge on any atom is -0.491 e. The monoisotopic (exact) mass is 455 g/mol. The quantitative estimate of drug-likeness (QED) is 0.345. The van der Waals surface area contributed by atoms with Gasteiger partial charge in [-0.1, -0.05) is 34.8 Å². The van der Waals surface area contributed by atoms with Gasteiger partial charge in [0.2, 0.25) is 0 Å². The van der Waals surface area contributed by atoms with Crippen LogP contribution in [0.25, 0.3) is 11.1 Å². The van der Waals surface area contributed by atoms with Gasteiger partial charge in [-0.3, -0.25) is 0 Å². The number of halogens is 4. The van der Waals surface area contributed by atoms with Gasteiger partial charge in [0.15, 0.2) is 22.5 Å². The van der Waals surface area contributed by atoms with Gasteiger partial charge in [-0.15, -0.1) is 0 Å². The molecule has 0 saturated heterocycles. The van der Waals surface area contributed by atoms with Crippen molar-refractivity contribution in [3.8, 4) is 22.6 Å². The SMILES string of the molecule is CCOc1cc(-c2cnc(N)c(OC(C)c3c(Cl)ccc(F)c3Cl)c2)cnc1Cl. The highest BCUT2D eigenvalue weighted by atomic mass is 35.5. The maximum atomic E-state index is 13.8. The Morgan fingerprint density at radius 2 is 1.72 bits per heavy atom. The van der Waals surface area contributed by atoms with Crippen LogP contribution in [0.5, 0.6) is 11.5 Å². The number of ether oxygens (including phenoxy) is 2. The summed E-state index contributed by atoms with van der Waals surface area (Å²) in [6.45, 7) is 3.99. The molecule has 3 rings (SSSR count). The fourth-order valence-electron chi connectivity index (χ4n) is 2.71. The number of nitrogens with zero attached hydrogens (tertiary/aromatic N) is 2. The summed E-state index contributed by atoms with van der Waals surface area (Å²) in [6, 6.07) is 6.06. The van der Waals surface area contributed by atoms with E-state index in [1.807, 2.05) is 6.92 Å². The van der Waals surface area contributed by atoms with Gasteiger partial charge in [-0.2, -0.15) is 0 Å². The highest BCUT2D eigenvalue weighted by Crippen LogP contribution is 2.37. The predicted molar refractivity (Wildman–Crippen MR) is 114 cm³/mol. The van der Waals surface area contributed by atoms with E-state index in [0.717, 1.165) is 0 Å². The van der Waals surface area contributed by atoms with Crippen molar-refractivity contribution in [3.63, 3.8) is 0 Å². The van der Waals surface area contributed by atoms with Crippen LogP contribution in [-0.2, 0) is 0 Å². The molecule has 0 aliphatic carbocycles. The van der Waals surface area contributed by atoms with Crippen molar-refractivity contribution in [2.45, 2.75) is 20.0 Å². The zero-order chi connectivity index (χ0) is 21.1. The van der Waals surface area contributed by atoms with Crippen LogP contribution in [0.2, 0.25) is 15.2 Å². The van der Waals surface area contributed by atoms with E-state index in [9.17, 15) is 4.39 Å². The first-order valence-corrected chi connectivity index (χ1v) is 9.79. The third kappa shape index (κ3) is 4.66. The Balaban J connectivity index is 1.95. The van der Waals surface area contributed by atoms with Gasteiger partial charge < -0.3 is 15.2 Å². The molecule has 3 aromatic rings. The van der Waals surface area contributed by atoms with Crippen molar-refractivity contribution in [3.05, 3.63) is 63.2 Å². The summed E-state index contributed by atoms with van der Waals surface area (Å²) in [5.41, 5.74) is 7.68. The summed E-state index contributed by atoms with van der Waals surface area (Å²) in [7, 11) is 0. The summed E-state index contributed by atoms with van der Waals surface area (Å²) in [5, 5.41) is 0.449. The number of aromatic nitrogens is 2. The Morgan fingerprint density at radius 1 is 1.07 bits per heavy atom. The van der Waals surface area contributed by atoms with Crippen LogP contribution in [-0.4, -0.2) is 16.6 Å². The Bertz CT molecular complexity index is 1050. The van der Waals surface area contributed by atoms with E-state index in [0.29, 0.717) is 34.8 Å². The Labute approximate surface area is 182 Å². The molecule has 2 heterocycles. The largest absolute Gasteiger partial charge is 0.491 e. The maximum Gasteiger partial charge on any atom is 0.171 e. The van der Waals surface area contributed by atoms with Crippen LogP contribution >= 0.6 is 34.8 Å². The summed E-state index contributed by atoms with van der Waals surface area (Å²) in [5.74, 6) is 0.324. The number of hydrogen-bond acceptors (Lipinski definition) is 5. The van der Waals surface area contributed by atoms with Crippen molar-refractivity contribution in [2.24, 2.45) is 0 Å². The van der Waals surface area contributed by atoms with Crippen molar-refractivity contribution < 1.29 is 13.9 Å². The molecular weight excluding hydrogens is 440 g/mol. The van der Waals surface area contributed by atoms with Gasteiger partial charge >= 0.3 is 0 Å². The molecule has 1 atom stereocenters. The molecule has 0 spiro atoms. The van der Waals surface area contributed by atoms with Crippen LogP contribution in [0.15, 0.2) is 36.7 Å². The van der Waals surface area contributed by atoms with Crippen molar-refractivity contribution in [2.75, 3.05) is 12.3 Å². The molecule has 152 valence electrons. The molecular formula is C20H17Cl3FN3O2. The van der Waals surface area contributed by atoms with Crippen LogP contribution < -0.4 is 15.2 Å². The first-order chi connectivity index (χ1) is 13.8. The van der Waals surface area contributed by atoms with E-state index in [2.05, 4.69) is 9.97 Å². The van der Waals surface area contributed by atoms with Gasteiger partial charge in [0, 0.05) is 34.1 Å². The second-order valence-electron chi connectivity index (χ2n) is 6.07. The second-order valence-corrected chi connectivity index (χ2v) is 7.21. The van der Waals surface area contributed by atoms with E-state index in [1.165, 1.54) is 12.1 Å². The Kier molecular flexibility index (Phi) is 6.67. The van der Waals surface area contributed by atoms with Gasteiger partial charge in [0.05, 0.1) is 11.6 Å². The molecule has 0 fully saturated rings. The highest BCUT2D eigenvalue weighted by molar-refractivity contribution is 6.36. The average Bonchev–Trinajstić information content (AvgIpc) is 2.69. The minimum atomic E-state index is -0.674. The first-order valence-electron chi connectivity index (χ1n) is 8.66. The lowest BCUT2D eigenvalue weighted by Gasteiger charge is -2.19. The molecule has 2 N–H and O–H groups in total. The summed E-state index contributed by atoms with van der Waals surface area (Å²) >= 11 is 18.3. The van der Waals surface area contributed by atoms with Crippen LogP contribution in [0.4, 0.5) is 10.2 Å². The maximum absolute atomic E-state index is 13.8. The van der Waals surface area contributed by atoms with Gasteiger partial charge in [-0.25, -0.2) is 14.4 Å². The third-order valence-corrected chi connectivity index (χ3v) is 5.11. The second kappa shape index (κ2) is 9.03. The molecule has 9 heteroatoms. The van der Waals surface area contributed by atoms with Crippen LogP contribution in [0.1, 0.15) is 25.5 Å². The normalized spacial score (nSPS) is 11.9. The topological polar surface area (TPSA) is 70.3 Å². The summed E-state index contributed by atoms with van der Waals surface area (Å²) < 4.78 is 25.2. The molecule has 0 saturated carbocycles. The molecule has 0 aliphatic rings. The number of rotatable bonds is 6. The van der Waals surface area contributed by atoms with Crippen LogP contribution in [0, 0.1) is 5.82 Å². The molecule has 0 amide bonds. The van der Waals surface area contributed by atoms with E-state index < -0.39 is 11.9 Å². The van der Waals surface area contributed by atoms with Crippen molar-refractivity contribution in [1.82, 2.24) is 9.97 Å². The van der Waals surface area contributed by atoms with Gasteiger partial charge in [0.25, 0.3) is 0 Å². The molecule has 5 nitrogen and oxygen atoms in total. The van der Waals surface area contributed by atoms with E-state index >= 15 is 0 Å². The first kappa shape index (κ1) is 21.4. The summed E-state index contributed by atoms with van der Waals surface area (Å²) in [4.78, 5) is 8.31. The van der Waals surface area contributed by atoms with Gasteiger partial charge in [-0.05, 0) is 38.1 Å². The lowest BCUT2D eigenvalue weighted by Crippen LogP contribution is -2.08. The molecule has 2 aromatic heterocycles. The number of benzene rings is 1. The lowest BCUT2D eigenvalue weighted by molar-refractivity contribution is 0.227. The number of anilines is 1. The smallest absolute Gasteiger partial charge is 0.171 e. The minimum absolute atomic E-state index is 0.101. The van der Waals surface area contributed by atoms with E-state index in [-0.39, 0.29) is 21.0 Å². The molecule has 0 radical (unpaired) electrons.